The van der Waals surface area contributed by atoms with Crippen LogP contribution in [-0.4, -0.2) is 39.4 Å². The van der Waals surface area contributed by atoms with Gasteiger partial charge in [-0.25, -0.2) is 26.4 Å². The number of sulfone groups is 1. The Hall–Kier alpha value is -1.65. The number of nitrogens with one attached hydrogen (secondary N) is 2. The number of hydrogen-bond acceptors (Lipinski definition) is 6. The maximum absolute atomic E-state index is 12.2. The number of H-pyrrole nitrogens is 1. The van der Waals surface area contributed by atoms with E-state index in [1.807, 2.05) is 0 Å². The quantitative estimate of drug-likeness (QED) is 0.786. The van der Waals surface area contributed by atoms with Crippen LogP contribution in [0.25, 0.3) is 11.1 Å². The first-order valence-electron chi connectivity index (χ1n) is 6.11. The molecule has 114 valence electrons. The molecule has 0 aliphatic carbocycles. The van der Waals surface area contributed by atoms with Crippen molar-refractivity contribution in [1.29, 1.82) is 0 Å². The zero-order chi connectivity index (χ0) is 15.3. The summed E-state index contributed by atoms with van der Waals surface area (Å²) in [6, 6.07) is 3.33. The standard InChI is InChI=1S/C11H12N2O6S2/c14-11-12-9-2-1-8(5-10(9)19-11)21(17,18)13-7-3-4-20(15,16)6-7/h1-2,5,7,13H,3-4,6H2,(H,12,14)/t7-/m0/s1. The van der Waals surface area contributed by atoms with Gasteiger partial charge in [0.2, 0.25) is 10.0 Å². The van der Waals surface area contributed by atoms with Crippen molar-refractivity contribution in [2.45, 2.75) is 17.4 Å². The van der Waals surface area contributed by atoms with E-state index in [9.17, 15) is 21.6 Å². The number of aromatic nitrogens is 1. The second kappa shape index (κ2) is 4.68. The topological polar surface area (TPSA) is 126 Å². The van der Waals surface area contributed by atoms with Crippen molar-refractivity contribution in [3.8, 4) is 0 Å². The first-order chi connectivity index (χ1) is 9.75. The summed E-state index contributed by atoms with van der Waals surface area (Å²) in [5.41, 5.74) is 0.518. The minimum atomic E-state index is -3.87. The normalized spacial score (nSPS) is 21.8. The van der Waals surface area contributed by atoms with Crippen LogP contribution >= 0.6 is 0 Å². The fourth-order valence-electron chi connectivity index (χ4n) is 2.27. The van der Waals surface area contributed by atoms with E-state index in [0.29, 0.717) is 5.52 Å². The van der Waals surface area contributed by atoms with Gasteiger partial charge in [-0.3, -0.25) is 4.98 Å². The molecule has 8 nitrogen and oxygen atoms in total. The SMILES string of the molecule is O=c1[nH]c2ccc(S(=O)(=O)N[C@H]3CCS(=O)(=O)C3)cc2o1. The number of benzene rings is 1. The molecule has 0 saturated carbocycles. The van der Waals surface area contributed by atoms with Crippen LogP contribution in [0.1, 0.15) is 6.42 Å². The van der Waals surface area contributed by atoms with Gasteiger partial charge in [-0.1, -0.05) is 0 Å². The van der Waals surface area contributed by atoms with Crippen molar-refractivity contribution in [3.63, 3.8) is 0 Å². The van der Waals surface area contributed by atoms with Gasteiger partial charge in [-0.05, 0) is 18.6 Å². The Bertz CT molecular complexity index is 954. The largest absolute Gasteiger partial charge is 0.417 e. The molecule has 1 aliphatic rings. The van der Waals surface area contributed by atoms with Crippen molar-refractivity contribution in [3.05, 3.63) is 28.7 Å². The molecule has 0 bridgehead atoms. The number of fused-ring (bicyclic) bond motifs is 1. The highest BCUT2D eigenvalue weighted by atomic mass is 32.2. The Balaban J connectivity index is 1.91. The highest BCUT2D eigenvalue weighted by Gasteiger charge is 2.31. The lowest BCUT2D eigenvalue weighted by Crippen LogP contribution is -2.35. The van der Waals surface area contributed by atoms with E-state index >= 15 is 0 Å². The second-order valence-corrected chi connectivity index (χ2v) is 8.84. The molecule has 1 atom stereocenters. The lowest BCUT2D eigenvalue weighted by molar-refractivity contribution is 0.551. The van der Waals surface area contributed by atoms with Crippen molar-refractivity contribution < 1.29 is 21.3 Å². The zero-order valence-electron chi connectivity index (χ0n) is 10.7. The molecule has 10 heteroatoms. The number of aromatic amines is 1. The monoisotopic (exact) mass is 332 g/mol. The van der Waals surface area contributed by atoms with Crippen LogP contribution in [0.15, 0.2) is 32.3 Å². The summed E-state index contributed by atoms with van der Waals surface area (Å²) in [4.78, 5) is 13.4. The Kier molecular flexibility index (Phi) is 3.19. The Morgan fingerprint density at radius 2 is 2.10 bits per heavy atom. The summed E-state index contributed by atoms with van der Waals surface area (Å²) >= 11 is 0. The summed E-state index contributed by atoms with van der Waals surface area (Å²) < 4.78 is 54.3. The summed E-state index contributed by atoms with van der Waals surface area (Å²) in [7, 11) is -7.04. The van der Waals surface area contributed by atoms with Gasteiger partial charge in [0.05, 0.1) is 21.9 Å². The number of hydrogen-bond donors (Lipinski definition) is 2. The molecule has 2 N–H and O–H groups in total. The highest BCUT2D eigenvalue weighted by molar-refractivity contribution is 7.92. The second-order valence-electron chi connectivity index (χ2n) is 4.89. The molecule has 0 spiro atoms. The molecular formula is C11H12N2O6S2. The van der Waals surface area contributed by atoms with E-state index in [-0.39, 0.29) is 28.4 Å². The lowest BCUT2D eigenvalue weighted by atomic mass is 10.3. The Morgan fingerprint density at radius 1 is 1.33 bits per heavy atom. The third-order valence-electron chi connectivity index (χ3n) is 3.26. The Morgan fingerprint density at radius 3 is 2.76 bits per heavy atom. The first-order valence-corrected chi connectivity index (χ1v) is 9.41. The van der Waals surface area contributed by atoms with Crippen molar-refractivity contribution in [1.82, 2.24) is 9.71 Å². The first kappa shape index (κ1) is 14.3. The predicted molar refractivity (Wildman–Crippen MR) is 74.2 cm³/mol. The molecule has 1 aromatic heterocycles. The van der Waals surface area contributed by atoms with E-state index in [4.69, 9.17) is 4.42 Å². The summed E-state index contributed by atoms with van der Waals surface area (Å²) in [6.07, 6.45) is 0.253. The van der Waals surface area contributed by atoms with E-state index in [0.717, 1.165) is 0 Å². The molecule has 1 fully saturated rings. The fourth-order valence-corrected chi connectivity index (χ4v) is 5.33. The Labute approximate surface area is 120 Å². The third-order valence-corrected chi connectivity index (χ3v) is 6.54. The van der Waals surface area contributed by atoms with Crippen molar-refractivity contribution in [2.75, 3.05) is 11.5 Å². The van der Waals surface area contributed by atoms with E-state index in [2.05, 4.69) is 9.71 Å². The molecule has 2 heterocycles. The molecule has 0 unspecified atom stereocenters. The predicted octanol–water partition coefficient (Wildman–Crippen LogP) is -0.413. The zero-order valence-corrected chi connectivity index (χ0v) is 12.3. The maximum atomic E-state index is 12.2. The number of sulfonamides is 1. The van der Waals surface area contributed by atoms with Crippen molar-refractivity contribution in [2.24, 2.45) is 0 Å². The molecule has 1 saturated heterocycles. The smallest absolute Gasteiger partial charge is 0.408 e. The van der Waals surface area contributed by atoms with Crippen LogP contribution in [0.4, 0.5) is 0 Å². The molecule has 2 aromatic rings. The van der Waals surface area contributed by atoms with Gasteiger partial charge in [0.1, 0.15) is 0 Å². The average molecular weight is 332 g/mol. The molecule has 1 aromatic carbocycles. The van der Waals surface area contributed by atoms with Crippen molar-refractivity contribution >= 4 is 31.0 Å². The highest BCUT2D eigenvalue weighted by Crippen LogP contribution is 2.19. The molecule has 1 aliphatic heterocycles. The number of oxazole rings is 1. The van der Waals surface area contributed by atoms with Gasteiger partial charge in [0.15, 0.2) is 15.4 Å². The van der Waals surface area contributed by atoms with Gasteiger partial charge in [0.25, 0.3) is 0 Å². The van der Waals surface area contributed by atoms with Crippen LogP contribution in [0.2, 0.25) is 0 Å². The van der Waals surface area contributed by atoms with Gasteiger partial charge in [-0.2, -0.15) is 0 Å². The van der Waals surface area contributed by atoms with Crippen LogP contribution in [0, 0.1) is 0 Å². The third kappa shape index (κ3) is 2.87. The molecular weight excluding hydrogens is 320 g/mol. The minimum absolute atomic E-state index is 0.0219. The average Bonchev–Trinajstić information content (AvgIpc) is 2.89. The summed E-state index contributed by atoms with van der Waals surface area (Å²) in [5.74, 6) is -0.894. The van der Waals surface area contributed by atoms with Crippen LogP contribution in [0.3, 0.4) is 0 Å². The van der Waals surface area contributed by atoms with E-state index in [1.54, 1.807) is 0 Å². The van der Waals surface area contributed by atoms with Crippen LogP contribution in [0.5, 0.6) is 0 Å². The van der Waals surface area contributed by atoms with Crippen LogP contribution in [-0.2, 0) is 19.9 Å². The fraction of sp³-hybridized carbons (Fsp3) is 0.364. The van der Waals surface area contributed by atoms with Gasteiger partial charge >= 0.3 is 5.76 Å². The molecule has 3 rings (SSSR count). The molecule has 0 radical (unpaired) electrons. The lowest BCUT2D eigenvalue weighted by Gasteiger charge is -2.11. The molecule has 21 heavy (non-hydrogen) atoms. The summed E-state index contributed by atoms with van der Waals surface area (Å²) in [5, 5.41) is 0. The van der Waals surface area contributed by atoms with E-state index < -0.39 is 31.7 Å². The van der Waals surface area contributed by atoms with E-state index in [1.165, 1.54) is 18.2 Å². The van der Waals surface area contributed by atoms with Gasteiger partial charge in [0, 0.05) is 12.1 Å². The van der Waals surface area contributed by atoms with Gasteiger partial charge < -0.3 is 4.42 Å². The minimum Gasteiger partial charge on any atom is -0.408 e. The van der Waals surface area contributed by atoms with Crippen LogP contribution < -0.4 is 10.5 Å². The van der Waals surface area contributed by atoms with Gasteiger partial charge in [-0.15, -0.1) is 0 Å². The number of rotatable bonds is 3. The maximum Gasteiger partial charge on any atom is 0.417 e. The summed E-state index contributed by atoms with van der Waals surface area (Å²) in [6.45, 7) is 0. The molecule has 0 amide bonds.